The van der Waals surface area contributed by atoms with Crippen molar-refractivity contribution in [3.63, 3.8) is 0 Å². The van der Waals surface area contributed by atoms with Crippen molar-refractivity contribution in [3.8, 4) is 0 Å². The van der Waals surface area contributed by atoms with Crippen LogP contribution in [0.2, 0.25) is 0 Å². The van der Waals surface area contributed by atoms with E-state index >= 15 is 0 Å². The van der Waals surface area contributed by atoms with Gasteiger partial charge in [-0.15, -0.1) is 12.4 Å². The van der Waals surface area contributed by atoms with Crippen LogP contribution in [0.3, 0.4) is 0 Å². The van der Waals surface area contributed by atoms with Gasteiger partial charge >= 0.3 is 5.97 Å². The number of hydrogen-bond acceptors (Lipinski definition) is 4. The van der Waals surface area contributed by atoms with Crippen LogP contribution in [0.5, 0.6) is 0 Å². The first kappa shape index (κ1) is 15.8. The Kier molecular flexibility index (Phi) is 4.85. The number of benzene rings is 1. The lowest BCUT2D eigenvalue weighted by atomic mass is 9.86. The van der Waals surface area contributed by atoms with Gasteiger partial charge in [0.05, 0.1) is 31.5 Å². The van der Waals surface area contributed by atoms with Crippen LogP contribution in [-0.4, -0.2) is 37.5 Å². The molecule has 0 saturated carbocycles. The first-order chi connectivity index (χ1) is 9.72. The molecule has 1 aromatic rings. The van der Waals surface area contributed by atoms with Gasteiger partial charge in [-0.2, -0.15) is 0 Å². The van der Waals surface area contributed by atoms with Gasteiger partial charge in [0.25, 0.3) is 0 Å². The van der Waals surface area contributed by atoms with E-state index in [1.54, 1.807) is 12.1 Å². The van der Waals surface area contributed by atoms with Crippen molar-refractivity contribution in [2.24, 2.45) is 5.16 Å². The summed E-state index contributed by atoms with van der Waals surface area (Å²) in [6.45, 7) is 2.20. The molecule has 0 unspecified atom stereocenters. The number of esters is 1. The summed E-state index contributed by atoms with van der Waals surface area (Å²) in [6, 6.07) is 7.34. The van der Waals surface area contributed by atoms with E-state index in [1.165, 1.54) is 7.11 Å². The fourth-order valence-corrected chi connectivity index (χ4v) is 2.86. The van der Waals surface area contributed by atoms with E-state index in [1.807, 2.05) is 12.1 Å². The molecule has 1 saturated heterocycles. The topological polar surface area (TPSA) is 64.5 Å². The van der Waals surface area contributed by atoms with Crippen LogP contribution in [0, 0.1) is 0 Å². The predicted molar refractivity (Wildman–Crippen MR) is 80.9 cm³/mol. The summed E-state index contributed by atoms with van der Waals surface area (Å²) < 4.78 is 4.69. The third-order valence-electron chi connectivity index (χ3n) is 4.09. The van der Waals surface area contributed by atoms with Gasteiger partial charge in [0.1, 0.15) is 0 Å². The summed E-state index contributed by atoms with van der Waals surface area (Å²) in [5.41, 5.74) is 2.45. The SMILES string of the molecule is COC(=O)c1ccc(C2=NOC3(CC[NH2+]CC3)C2)cc1.Cl. The van der Waals surface area contributed by atoms with E-state index in [0.29, 0.717) is 5.56 Å². The minimum Gasteiger partial charge on any atom is -0.465 e. The maximum atomic E-state index is 11.4. The number of quaternary nitrogens is 1. The molecule has 2 heterocycles. The number of halogens is 1. The molecule has 0 amide bonds. The van der Waals surface area contributed by atoms with E-state index in [-0.39, 0.29) is 24.0 Å². The number of rotatable bonds is 2. The lowest BCUT2D eigenvalue weighted by Crippen LogP contribution is -2.87. The molecule has 2 N–H and O–H groups in total. The van der Waals surface area contributed by atoms with Crippen molar-refractivity contribution >= 4 is 24.1 Å². The average molecular weight is 312 g/mol. The second-order valence-electron chi connectivity index (χ2n) is 5.42. The van der Waals surface area contributed by atoms with Crippen molar-refractivity contribution in [2.75, 3.05) is 20.2 Å². The lowest BCUT2D eigenvalue weighted by Gasteiger charge is -2.28. The monoisotopic (exact) mass is 311 g/mol. The Bertz CT molecular complexity index is 536. The highest BCUT2D eigenvalue weighted by atomic mass is 35.5. The molecule has 2 aliphatic heterocycles. The molecule has 5 nitrogen and oxygen atoms in total. The highest BCUT2D eigenvalue weighted by Gasteiger charge is 2.42. The van der Waals surface area contributed by atoms with Crippen LogP contribution in [0.1, 0.15) is 35.2 Å². The van der Waals surface area contributed by atoms with E-state index in [0.717, 1.165) is 43.6 Å². The summed E-state index contributed by atoms with van der Waals surface area (Å²) in [5, 5.41) is 6.58. The molecule has 1 spiro atoms. The van der Waals surface area contributed by atoms with Gasteiger partial charge in [-0.3, -0.25) is 0 Å². The fourth-order valence-electron chi connectivity index (χ4n) is 2.86. The molecular weight excluding hydrogens is 292 g/mol. The molecule has 6 heteroatoms. The van der Waals surface area contributed by atoms with Gasteiger partial charge in [0.15, 0.2) is 5.60 Å². The molecule has 2 aliphatic rings. The standard InChI is InChI=1S/C15H18N2O3.ClH/c1-19-14(18)12-4-2-11(3-5-12)13-10-15(20-17-13)6-8-16-9-7-15;/h2-5,16H,6-10H2,1H3;1H/p+1. The van der Waals surface area contributed by atoms with Gasteiger partial charge in [-0.25, -0.2) is 4.79 Å². The molecule has 0 aromatic heterocycles. The van der Waals surface area contributed by atoms with Crippen molar-refractivity contribution in [3.05, 3.63) is 35.4 Å². The number of oxime groups is 1. The molecule has 3 rings (SSSR count). The zero-order valence-corrected chi connectivity index (χ0v) is 12.8. The molecule has 0 bridgehead atoms. The van der Waals surface area contributed by atoms with E-state index in [4.69, 9.17) is 9.57 Å². The summed E-state index contributed by atoms with van der Waals surface area (Å²) in [6.07, 6.45) is 2.94. The van der Waals surface area contributed by atoms with Crippen molar-refractivity contribution in [1.82, 2.24) is 0 Å². The van der Waals surface area contributed by atoms with Crippen LogP contribution in [0.15, 0.2) is 29.4 Å². The largest absolute Gasteiger partial charge is 0.465 e. The number of ether oxygens (including phenoxy) is 1. The zero-order valence-electron chi connectivity index (χ0n) is 12.0. The molecule has 21 heavy (non-hydrogen) atoms. The number of carbonyl (C=O) groups excluding carboxylic acids is 1. The number of hydrogen-bond donors (Lipinski definition) is 1. The first-order valence-corrected chi connectivity index (χ1v) is 6.98. The minimum absolute atomic E-state index is 0. The molecular formula is C15H20ClN2O3+. The van der Waals surface area contributed by atoms with E-state index in [2.05, 4.69) is 10.5 Å². The average Bonchev–Trinajstić information content (AvgIpc) is 2.91. The Hall–Kier alpha value is -1.59. The van der Waals surface area contributed by atoms with Gasteiger partial charge in [0, 0.05) is 19.3 Å². The Morgan fingerprint density at radius 1 is 1.29 bits per heavy atom. The summed E-state index contributed by atoms with van der Waals surface area (Å²) in [4.78, 5) is 17.1. The summed E-state index contributed by atoms with van der Waals surface area (Å²) in [7, 11) is 1.38. The number of nitrogens with zero attached hydrogens (tertiary/aromatic N) is 1. The van der Waals surface area contributed by atoms with Crippen LogP contribution in [-0.2, 0) is 9.57 Å². The van der Waals surface area contributed by atoms with Crippen LogP contribution in [0.25, 0.3) is 0 Å². The van der Waals surface area contributed by atoms with Crippen molar-refractivity contribution < 1.29 is 19.7 Å². The van der Waals surface area contributed by atoms with E-state index in [9.17, 15) is 4.79 Å². The lowest BCUT2D eigenvalue weighted by molar-refractivity contribution is -0.668. The molecule has 0 aliphatic carbocycles. The van der Waals surface area contributed by atoms with Crippen LogP contribution < -0.4 is 5.32 Å². The highest BCUT2D eigenvalue weighted by Crippen LogP contribution is 2.33. The second-order valence-corrected chi connectivity index (χ2v) is 5.42. The van der Waals surface area contributed by atoms with Gasteiger partial charge in [0.2, 0.25) is 0 Å². The maximum Gasteiger partial charge on any atom is 0.337 e. The van der Waals surface area contributed by atoms with Gasteiger partial charge in [-0.05, 0) is 17.7 Å². The highest BCUT2D eigenvalue weighted by molar-refractivity contribution is 6.02. The van der Waals surface area contributed by atoms with Gasteiger partial charge < -0.3 is 14.9 Å². The summed E-state index contributed by atoms with van der Waals surface area (Å²) >= 11 is 0. The van der Waals surface area contributed by atoms with Crippen LogP contribution >= 0.6 is 12.4 Å². The molecule has 1 fully saturated rings. The fraction of sp³-hybridized carbons (Fsp3) is 0.467. The number of piperidine rings is 1. The molecule has 1 aromatic carbocycles. The molecule has 0 radical (unpaired) electrons. The van der Waals surface area contributed by atoms with Crippen molar-refractivity contribution in [2.45, 2.75) is 24.9 Å². The predicted octanol–water partition coefficient (Wildman–Crippen LogP) is 1.12. The van der Waals surface area contributed by atoms with E-state index < -0.39 is 0 Å². The Morgan fingerprint density at radius 3 is 2.57 bits per heavy atom. The Balaban J connectivity index is 0.00000161. The third-order valence-corrected chi connectivity index (χ3v) is 4.09. The number of nitrogens with two attached hydrogens (primary N) is 1. The van der Waals surface area contributed by atoms with Crippen LogP contribution in [0.4, 0.5) is 0 Å². The zero-order chi connectivity index (χ0) is 14.0. The van der Waals surface area contributed by atoms with Crippen molar-refractivity contribution in [1.29, 1.82) is 0 Å². The normalized spacial score (nSPS) is 19.4. The quantitative estimate of drug-likeness (QED) is 0.832. The second kappa shape index (κ2) is 6.45. The summed E-state index contributed by atoms with van der Waals surface area (Å²) in [5.74, 6) is -0.319. The number of carbonyl (C=O) groups is 1. The smallest absolute Gasteiger partial charge is 0.337 e. The minimum atomic E-state index is -0.319. The van der Waals surface area contributed by atoms with Gasteiger partial charge in [-0.1, -0.05) is 17.3 Å². The Morgan fingerprint density at radius 2 is 1.95 bits per heavy atom. The number of methoxy groups -OCH3 is 1. The third kappa shape index (κ3) is 3.19. The maximum absolute atomic E-state index is 11.4. The Labute approximate surface area is 130 Å². The molecule has 0 atom stereocenters. The molecule has 114 valence electrons. The first-order valence-electron chi connectivity index (χ1n) is 6.98.